The van der Waals surface area contributed by atoms with Crippen molar-refractivity contribution in [2.24, 2.45) is 11.3 Å². The zero-order valence-corrected chi connectivity index (χ0v) is 46.2. The number of sulfonamides is 1. The summed E-state index contributed by atoms with van der Waals surface area (Å²) in [5, 5.41) is 29.3. The summed E-state index contributed by atoms with van der Waals surface area (Å²) in [6.45, 7) is 11.7. The van der Waals surface area contributed by atoms with Crippen LogP contribution in [0.15, 0.2) is 84.1 Å². The molecule has 1 amide bonds. The lowest BCUT2D eigenvalue weighted by Crippen LogP contribution is -2.60. The van der Waals surface area contributed by atoms with E-state index in [1.165, 1.54) is 35.9 Å². The van der Waals surface area contributed by atoms with Crippen LogP contribution in [0.25, 0.3) is 11.0 Å². The molecule has 22 heteroatoms. The number of piperidine rings is 1. The standard InChI is InChI=1S/C58H68FN11O9S/c1-34(2)40-7-5-6-8-41(40)47-33-67(32-36-13-18-60-54-51(36)79-49-26-45(49)64-54)21-22-69(47)38-27-58(28-38)16-19-68(20-17-58)37-9-10-42(48(23-37)78-50-25-43-44(59)31-63-52(43)65-56(50)77-4)55(71)66-80(75,76)39-24-46(70(73)74)53(62-30-39)61-29-35-11-14-57(3,72)15-12-35/h5-10,13,18,23-25,30-31,34-35,38,45,47,49,72H,11-12,14-17,19-22,26-29,32-33H2,1-4H3,(H,60,64)(H,61,62)(H,63,65)(H,66,71)/t35?,45?,47-,49?,57?/m0/s1. The lowest BCUT2D eigenvalue weighted by molar-refractivity contribution is -0.384. The van der Waals surface area contributed by atoms with Crippen molar-refractivity contribution in [2.75, 3.05) is 61.9 Å². The molecule has 5 N–H and O–H groups in total. The minimum atomic E-state index is -4.75. The first-order chi connectivity index (χ1) is 38.4. The van der Waals surface area contributed by atoms with Crippen molar-refractivity contribution in [3.8, 4) is 23.1 Å². The molecule has 3 atom stereocenters. The van der Waals surface area contributed by atoms with Crippen LogP contribution in [-0.2, 0) is 16.6 Å². The molecular weight excluding hydrogens is 1050 g/mol. The number of hydrogen-bond donors (Lipinski definition) is 5. The number of fused-ring (bicyclic) bond motifs is 3. The lowest BCUT2D eigenvalue weighted by Gasteiger charge is -2.58. The Labute approximate surface area is 464 Å². The second-order valence-electron chi connectivity index (χ2n) is 23.5. The minimum absolute atomic E-state index is 0.0162. The topological polar surface area (TPSA) is 243 Å². The summed E-state index contributed by atoms with van der Waals surface area (Å²) in [6, 6.07) is 19.1. The summed E-state index contributed by atoms with van der Waals surface area (Å²) >= 11 is 0. The molecule has 12 rings (SSSR count). The molecule has 2 aromatic carbocycles. The van der Waals surface area contributed by atoms with Crippen LogP contribution < -0.4 is 34.5 Å². The van der Waals surface area contributed by atoms with Crippen molar-refractivity contribution >= 4 is 50.0 Å². The molecule has 1 spiro atoms. The van der Waals surface area contributed by atoms with Gasteiger partial charge < -0.3 is 39.8 Å². The van der Waals surface area contributed by atoms with Gasteiger partial charge in [0.05, 0.1) is 40.8 Å². The largest absolute Gasteiger partial charge is 0.484 e. The Balaban J connectivity index is 0.755. The number of hydrogen-bond acceptors (Lipinski definition) is 17. The summed E-state index contributed by atoms with van der Waals surface area (Å²) in [6.07, 6.45) is 11.9. The monoisotopic (exact) mass is 1110 g/mol. The maximum absolute atomic E-state index is 15.0. The number of pyridine rings is 3. The number of anilines is 3. The van der Waals surface area contributed by atoms with Gasteiger partial charge in [-0.1, -0.05) is 38.1 Å². The molecule has 6 aliphatic rings. The van der Waals surface area contributed by atoms with Crippen molar-refractivity contribution in [1.29, 1.82) is 0 Å². The smallest absolute Gasteiger partial charge is 0.312 e. The third kappa shape index (κ3) is 10.7. The van der Waals surface area contributed by atoms with Crippen molar-refractivity contribution in [3.05, 3.63) is 117 Å². The van der Waals surface area contributed by atoms with Crippen LogP contribution in [0.2, 0.25) is 0 Å². The number of aromatic amines is 1. The fourth-order valence-electron chi connectivity index (χ4n) is 12.9. The molecule has 7 heterocycles. The van der Waals surface area contributed by atoms with Crippen LogP contribution in [0.5, 0.6) is 23.1 Å². The molecule has 422 valence electrons. The quantitative estimate of drug-likeness (QED) is 0.0448. The van der Waals surface area contributed by atoms with E-state index in [-0.39, 0.29) is 63.3 Å². The van der Waals surface area contributed by atoms with Crippen LogP contribution in [0, 0.1) is 27.3 Å². The average Bonchev–Trinajstić information content (AvgIpc) is 3.99. The number of methoxy groups -OCH3 is 1. The predicted octanol–water partition coefficient (Wildman–Crippen LogP) is 9.05. The van der Waals surface area contributed by atoms with Crippen molar-refractivity contribution in [3.63, 3.8) is 0 Å². The second-order valence-corrected chi connectivity index (χ2v) is 25.2. The maximum atomic E-state index is 15.0. The second kappa shape index (κ2) is 21.1. The molecule has 0 radical (unpaired) electrons. The van der Waals surface area contributed by atoms with Crippen molar-refractivity contribution in [2.45, 2.75) is 126 Å². The zero-order valence-electron chi connectivity index (χ0n) is 45.4. The Morgan fingerprint density at radius 1 is 1.02 bits per heavy atom. The number of aromatic nitrogens is 4. The normalized spacial score (nSPS) is 23.8. The van der Waals surface area contributed by atoms with Gasteiger partial charge in [0.15, 0.2) is 17.3 Å². The lowest BCUT2D eigenvalue weighted by atomic mass is 9.59. The van der Waals surface area contributed by atoms with E-state index in [1.54, 1.807) is 19.1 Å². The van der Waals surface area contributed by atoms with E-state index in [0.29, 0.717) is 50.2 Å². The van der Waals surface area contributed by atoms with Gasteiger partial charge in [-0.05, 0) is 105 Å². The van der Waals surface area contributed by atoms with Crippen molar-refractivity contribution < 1.29 is 41.8 Å². The highest BCUT2D eigenvalue weighted by Crippen LogP contribution is 2.54. The predicted molar refractivity (Wildman–Crippen MR) is 299 cm³/mol. The summed E-state index contributed by atoms with van der Waals surface area (Å²) in [5.41, 5.74) is 3.50. The van der Waals surface area contributed by atoms with Gasteiger partial charge in [0, 0.05) is 106 Å². The molecule has 0 bridgehead atoms. The number of nitro groups is 1. The number of H-pyrrole nitrogens is 1. The molecule has 4 aromatic heterocycles. The minimum Gasteiger partial charge on any atom is -0.484 e. The Hall–Kier alpha value is -7.14. The van der Waals surface area contributed by atoms with E-state index in [2.05, 4.69) is 94.2 Å². The average molecular weight is 1110 g/mol. The van der Waals surface area contributed by atoms with E-state index in [0.717, 1.165) is 107 Å². The van der Waals surface area contributed by atoms with Gasteiger partial charge in [0.25, 0.3) is 21.8 Å². The molecule has 5 fully saturated rings. The molecule has 20 nitrogen and oxygen atoms in total. The van der Waals surface area contributed by atoms with Gasteiger partial charge in [-0.2, -0.15) is 4.98 Å². The highest BCUT2D eigenvalue weighted by atomic mass is 32.2. The summed E-state index contributed by atoms with van der Waals surface area (Å²) < 4.78 is 63.2. The van der Waals surface area contributed by atoms with Crippen LogP contribution in [0.4, 0.5) is 27.4 Å². The maximum Gasteiger partial charge on any atom is 0.312 e. The number of rotatable bonds is 16. The van der Waals surface area contributed by atoms with Crippen LogP contribution in [-0.4, -0.2) is 124 Å². The number of nitrogens with zero attached hydrogens (tertiary/aromatic N) is 7. The van der Waals surface area contributed by atoms with E-state index in [9.17, 15) is 32.8 Å². The van der Waals surface area contributed by atoms with Gasteiger partial charge in [-0.15, -0.1) is 0 Å². The fraction of sp³-hybridized carbons (Fsp3) is 0.483. The first-order valence-corrected chi connectivity index (χ1v) is 29.3. The van der Waals surface area contributed by atoms with E-state index >= 15 is 0 Å². The number of piperazine rings is 1. The first-order valence-electron chi connectivity index (χ1n) is 27.9. The first kappa shape index (κ1) is 53.5. The number of nitrogens with one attached hydrogen (secondary N) is 4. The SMILES string of the molecule is COc1nc2[nH]cc(F)c2cc1Oc1cc(N2CCC3(CC2)CC(N2CCN(Cc4ccnc5c4OC4CC4N5)C[C@H]2c2ccccc2C(C)C)C3)ccc1C(=O)NS(=O)(=O)c1cnc(NCC2CCC(C)(O)CC2)c([N+](=O)[O-])c1. The fourth-order valence-corrected chi connectivity index (χ4v) is 13.8. The molecule has 80 heavy (non-hydrogen) atoms. The van der Waals surface area contributed by atoms with Crippen molar-refractivity contribution in [1.82, 2.24) is 34.5 Å². The summed E-state index contributed by atoms with van der Waals surface area (Å²) in [5.74, 6) is 0.352. The molecule has 3 saturated carbocycles. The van der Waals surface area contributed by atoms with E-state index in [1.807, 2.05) is 6.20 Å². The number of benzene rings is 2. The summed E-state index contributed by atoms with van der Waals surface area (Å²) in [4.78, 5) is 48.6. The number of halogens is 1. The third-order valence-electron chi connectivity index (χ3n) is 17.7. The van der Waals surface area contributed by atoms with Crippen LogP contribution >= 0.6 is 0 Å². The van der Waals surface area contributed by atoms with Crippen LogP contribution in [0.3, 0.4) is 0 Å². The van der Waals surface area contributed by atoms with Gasteiger partial charge in [-0.25, -0.2) is 27.5 Å². The number of amides is 1. The molecule has 6 aromatic rings. The number of aliphatic hydroxyl groups is 1. The van der Waals surface area contributed by atoms with Gasteiger partial charge in [-0.3, -0.25) is 24.7 Å². The molecule has 2 saturated heterocycles. The number of ether oxygens (including phenoxy) is 3. The zero-order chi connectivity index (χ0) is 55.7. The highest BCUT2D eigenvalue weighted by molar-refractivity contribution is 7.90. The number of carbonyl (C=O) groups excluding carboxylic acids is 1. The van der Waals surface area contributed by atoms with Gasteiger partial charge >= 0.3 is 5.69 Å². The third-order valence-corrected chi connectivity index (χ3v) is 19.0. The highest BCUT2D eigenvalue weighted by Gasteiger charge is 2.51. The Morgan fingerprint density at radius 3 is 2.58 bits per heavy atom. The molecule has 2 unspecified atom stereocenters. The van der Waals surface area contributed by atoms with E-state index in [4.69, 9.17) is 14.2 Å². The van der Waals surface area contributed by atoms with Gasteiger partial charge in [0.1, 0.15) is 28.2 Å². The van der Waals surface area contributed by atoms with Crippen LogP contribution in [0.1, 0.15) is 118 Å². The molecule has 3 aliphatic carbocycles. The Morgan fingerprint density at radius 2 is 1.81 bits per heavy atom. The van der Waals surface area contributed by atoms with E-state index < -0.39 is 42.9 Å². The Kier molecular flexibility index (Phi) is 14.1. The summed E-state index contributed by atoms with van der Waals surface area (Å²) in [7, 11) is -3.38. The Bertz CT molecular complexity index is 3460. The molecular formula is C58H68FN11O9S. The number of carbonyl (C=O) groups is 1. The van der Waals surface area contributed by atoms with Gasteiger partial charge in [0.2, 0.25) is 5.82 Å². The molecule has 3 aliphatic heterocycles.